The van der Waals surface area contributed by atoms with Crippen LogP contribution >= 0.6 is 0 Å². The van der Waals surface area contributed by atoms with Crippen LogP contribution in [0.3, 0.4) is 0 Å². The number of nitro benzene ring substituents is 1. The molecule has 0 amide bonds. The van der Waals surface area contributed by atoms with E-state index in [0.29, 0.717) is 5.69 Å². The van der Waals surface area contributed by atoms with E-state index in [0.717, 1.165) is 11.1 Å². The van der Waals surface area contributed by atoms with Gasteiger partial charge in [0.25, 0.3) is 15.7 Å². The number of benzene rings is 3. The van der Waals surface area contributed by atoms with Crippen LogP contribution in [0, 0.1) is 17.0 Å². The fraction of sp³-hybridized carbons (Fsp3) is 0.0400. The van der Waals surface area contributed by atoms with Gasteiger partial charge in [-0.05, 0) is 48.9 Å². The van der Waals surface area contributed by atoms with Crippen molar-refractivity contribution in [1.82, 2.24) is 3.97 Å². The minimum Gasteiger partial charge on any atom is -0.258 e. The number of aromatic nitrogens is 1. The maximum absolute atomic E-state index is 13.7. The van der Waals surface area contributed by atoms with Crippen molar-refractivity contribution in [3.05, 3.63) is 118 Å². The van der Waals surface area contributed by atoms with Gasteiger partial charge >= 0.3 is 0 Å². The second-order valence-electron chi connectivity index (χ2n) is 7.24. The zero-order chi connectivity index (χ0) is 22.7. The number of hydrogen-bond acceptors (Lipinski definition) is 4. The Balaban J connectivity index is 1.95. The summed E-state index contributed by atoms with van der Waals surface area (Å²) in [4.78, 5) is 11.2. The standard InChI is InChI=1S/C25H20N2O4S/c1-19-11-16-22(17-12-19)32(30,31)26-21(14-13-20-7-3-2-4-8-20)15-18-24(26)23-9-5-6-10-25(23)27(28)29/h2-18H,1H3/b14-13+. The van der Waals surface area contributed by atoms with Crippen molar-refractivity contribution >= 4 is 27.9 Å². The molecule has 0 radical (unpaired) electrons. The Labute approximate surface area is 186 Å². The van der Waals surface area contributed by atoms with Gasteiger partial charge in [0.15, 0.2) is 0 Å². The van der Waals surface area contributed by atoms with Gasteiger partial charge < -0.3 is 0 Å². The quantitative estimate of drug-likeness (QED) is 0.279. The lowest BCUT2D eigenvalue weighted by Gasteiger charge is -2.14. The highest BCUT2D eigenvalue weighted by Crippen LogP contribution is 2.34. The second kappa shape index (κ2) is 8.64. The van der Waals surface area contributed by atoms with Crippen LogP contribution in [0.1, 0.15) is 16.8 Å². The Morgan fingerprint density at radius 3 is 2.16 bits per heavy atom. The van der Waals surface area contributed by atoms with E-state index in [1.165, 1.54) is 10.0 Å². The maximum Gasteiger partial charge on any atom is 0.278 e. The molecule has 0 aliphatic rings. The first-order chi connectivity index (χ1) is 15.4. The lowest BCUT2D eigenvalue weighted by molar-refractivity contribution is -0.384. The van der Waals surface area contributed by atoms with Gasteiger partial charge in [-0.15, -0.1) is 0 Å². The first kappa shape index (κ1) is 21.3. The Kier molecular flexibility index (Phi) is 5.75. The monoisotopic (exact) mass is 444 g/mol. The molecule has 1 aromatic heterocycles. The summed E-state index contributed by atoms with van der Waals surface area (Å²) in [7, 11) is -4.03. The number of rotatable bonds is 6. The fourth-order valence-electron chi connectivity index (χ4n) is 3.44. The van der Waals surface area contributed by atoms with Gasteiger partial charge in [-0.2, -0.15) is 0 Å². The van der Waals surface area contributed by atoms with Crippen molar-refractivity contribution in [1.29, 1.82) is 0 Å². The number of nitro groups is 1. The average molecular weight is 445 g/mol. The highest BCUT2D eigenvalue weighted by molar-refractivity contribution is 7.90. The van der Waals surface area contributed by atoms with Gasteiger partial charge in [0.05, 0.1) is 26.8 Å². The van der Waals surface area contributed by atoms with Crippen LogP contribution in [-0.4, -0.2) is 17.3 Å². The zero-order valence-corrected chi connectivity index (χ0v) is 18.1. The smallest absolute Gasteiger partial charge is 0.258 e. The molecular weight excluding hydrogens is 424 g/mol. The van der Waals surface area contributed by atoms with Crippen LogP contribution in [0.5, 0.6) is 0 Å². The van der Waals surface area contributed by atoms with E-state index in [1.807, 2.05) is 37.3 Å². The summed E-state index contributed by atoms with van der Waals surface area (Å²) in [6.45, 7) is 1.87. The molecule has 0 atom stereocenters. The van der Waals surface area contributed by atoms with Gasteiger partial charge in [0.1, 0.15) is 0 Å². The van der Waals surface area contributed by atoms with E-state index in [4.69, 9.17) is 0 Å². The Hall–Kier alpha value is -3.97. The Morgan fingerprint density at radius 2 is 1.47 bits per heavy atom. The molecule has 0 aliphatic heterocycles. The van der Waals surface area contributed by atoms with Gasteiger partial charge in [0, 0.05) is 6.07 Å². The van der Waals surface area contributed by atoms with E-state index in [2.05, 4.69) is 0 Å². The lowest BCUT2D eigenvalue weighted by atomic mass is 10.1. The molecule has 0 N–H and O–H groups in total. The number of para-hydroxylation sites is 1. The van der Waals surface area contributed by atoms with Crippen molar-refractivity contribution < 1.29 is 13.3 Å². The summed E-state index contributed by atoms with van der Waals surface area (Å²) < 4.78 is 28.5. The van der Waals surface area contributed by atoms with Crippen molar-refractivity contribution in [2.45, 2.75) is 11.8 Å². The van der Waals surface area contributed by atoms with Gasteiger partial charge in [-0.1, -0.05) is 66.2 Å². The molecule has 0 fully saturated rings. The van der Waals surface area contributed by atoms with Gasteiger partial charge in [-0.3, -0.25) is 10.1 Å². The van der Waals surface area contributed by atoms with Crippen molar-refractivity contribution in [2.75, 3.05) is 0 Å². The molecule has 1 heterocycles. The van der Waals surface area contributed by atoms with E-state index >= 15 is 0 Å². The van der Waals surface area contributed by atoms with E-state index in [9.17, 15) is 18.5 Å². The molecule has 3 aromatic carbocycles. The normalized spacial score (nSPS) is 11.7. The van der Waals surface area contributed by atoms with Crippen molar-refractivity contribution in [2.24, 2.45) is 0 Å². The van der Waals surface area contributed by atoms with Crippen molar-refractivity contribution in [3.8, 4) is 11.3 Å². The van der Waals surface area contributed by atoms with Crippen LogP contribution in [0.15, 0.2) is 95.9 Å². The molecule has 4 aromatic rings. The summed E-state index contributed by atoms with van der Waals surface area (Å²) in [6.07, 6.45) is 3.50. The Bertz CT molecular complexity index is 1400. The molecule has 6 nitrogen and oxygen atoms in total. The van der Waals surface area contributed by atoms with Crippen LogP contribution < -0.4 is 0 Å². The highest BCUT2D eigenvalue weighted by atomic mass is 32.2. The van der Waals surface area contributed by atoms with Crippen molar-refractivity contribution in [3.63, 3.8) is 0 Å². The zero-order valence-electron chi connectivity index (χ0n) is 17.3. The summed E-state index contributed by atoms with van der Waals surface area (Å²) in [5, 5.41) is 11.6. The molecule has 0 saturated carbocycles. The summed E-state index contributed by atoms with van der Waals surface area (Å²) in [6, 6.07) is 25.4. The van der Waals surface area contributed by atoms with Crippen LogP contribution in [0.2, 0.25) is 0 Å². The first-order valence-corrected chi connectivity index (χ1v) is 11.3. The first-order valence-electron chi connectivity index (χ1n) is 9.89. The van der Waals surface area contributed by atoms with Crippen LogP contribution in [0.4, 0.5) is 5.69 Å². The van der Waals surface area contributed by atoms with Crippen LogP contribution in [0.25, 0.3) is 23.4 Å². The highest BCUT2D eigenvalue weighted by Gasteiger charge is 2.26. The molecule has 0 aliphatic carbocycles. The Morgan fingerprint density at radius 1 is 0.812 bits per heavy atom. The van der Waals surface area contributed by atoms with E-state index in [-0.39, 0.29) is 21.8 Å². The summed E-state index contributed by atoms with van der Waals surface area (Å²) >= 11 is 0. The topological polar surface area (TPSA) is 82.2 Å². The van der Waals surface area contributed by atoms with Crippen LogP contribution in [-0.2, 0) is 10.0 Å². The number of aryl methyl sites for hydroxylation is 1. The molecule has 0 bridgehead atoms. The molecule has 7 heteroatoms. The minimum atomic E-state index is -4.03. The largest absolute Gasteiger partial charge is 0.278 e. The molecule has 0 unspecified atom stereocenters. The van der Waals surface area contributed by atoms with Gasteiger partial charge in [-0.25, -0.2) is 12.4 Å². The molecular formula is C25H20N2O4S. The molecule has 0 spiro atoms. The molecule has 0 saturated heterocycles. The summed E-state index contributed by atoms with van der Waals surface area (Å²) in [5.74, 6) is 0. The van der Waals surface area contributed by atoms with E-state index in [1.54, 1.807) is 66.7 Å². The third-order valence-corrected chi connectivity index (χ3v) is 6.80. The minimum absolute atomic E-state index is 0.105. The van der Waals surface area contributed by atoms with Gasteiger partial charge in [0.2, 0.25) is 0 Å². The lowest BCUT2D eigenvalue weighted by Crippen LogP contribution is -2.16. The van der Waals surface area contributed by atoms with E-state index < -0.39 is 14.9 Å². The maximum atomic E-state index is 13.7. The SMILES string of the molecule is Cc1ccc(S(=O)(=O)n2c(/C=C/c3ccccc3)ccc2-c2ccccc2[N+](=O)[O-])cc1. The fourth-order valence-corrected chi connectivity index (χ4v) is 4.95. The molecule has 160 valence electrons. The third kappa shape index (κ3) is 4.10. The predicted octanol–water partition coefficient (Wildman–Crippen LogP) is 5.78. The predicted molar refractivity (Wildman–Crippen MR) is 126 cm³/mol. The second-order valence-corrected chi connectivity index (χ2v) is 9.03. The average Bonchev–Trinajstić information content (AvgIpc) is 3.23. The number of hydrogen-bond donors (Lipinski definition) is 0. The third-order valence-electron chi connectivity index (χ3n) is 5.05. The summed E-state index contributed by atoms with van der Waals surface area (Å²) in [5.41, 5.74) is 2.52. The molecule has 32 heavy (non-hydrogen) atoms. The number of nitrogens with zero attached hydrogens (tertiary/aromatic N) is 2. The molecule has 4 rings (SSSR count).